The molecule has 0 bridgehead atoms. The molecule has 0 atom stereocenters. The van der Waals surface area contributed by atoms with Crippen LogP contribution in [0.15, 0.2) is 9.98 Å². The van der Waals surface area contributed by atoms with Gasteiger partial charge in [0.05, 0.1) is 0 Å². The van der Waals surface area contributed by atoms with Crippen molar-refractivity contribution in [2.24, 2.45) is 9.98 Å². The Balaban J connectivity index is 0.000000845. The fraction of sp³-hybridized carbons (Fsp3) is 0.400. The van der Waals surface area contributed by atoms with Crippen molar-refractivity contribution in [3.63, 3.8) is 0 Å². The van der Waals surface area contributed by atoms with E-state index >= 15 is 0 Å². The van der Waals surface area contributed by atoms with E-state index in [1.165, 1.54) is 11.1 Å². The maximum atomic E-state index is 4.33. The standard InChI is InChI=1S/C10H11N2.Y/c1-6-4-7(2)9-10(8(6)3)12-5-11-9;/h5H2,1-3H3;/q-1;. The predicted molar refractivity (Wildman–Crippen MR) is 46.7 cm³/mol. The first kappa shape index (κ1) is 11.0. The van der Waals surface area contributed by atoms with Crippen LogP contribution in [0, 0.1) is 26.8 Å². The zero-order valence-electron chi connectivity index (χ0n) is 8.18. The van der Waals surface area contributed by atoms with Crippen LogP contribution in [0.1, 0.15) is 16.7 Å². The Hall–Kier alpha value is -0.0761. The van der Waals surface area contributed by atoms with Gasteiger partial charge in [-0.3, -0.25) is 4.99 Å². The van der Waals surface area contributed by atoms with E-state index in [9.17, 15) is 0 Å². The topological polar surface area (TPSA) is 24.7 Å². The number of hydrogen-bond donors (Lipinski definition) is 0. The normalized spacial score (nSPS) is 12.5. The second-order valence-corrected chi connectivity index (χ2v) is 3.15. The van der Waals surface area contributed by atoms with E-state index in [1.54, 1.807) is 0 Å². The van der Waals surface area contributed by atoms with E-state index < -0.39 is 0 Å². The zero-order valence-corrected chi connectivity index (χ0v) is 11.0. The molecule has 1 radical (unpaired) electrons. The molecule has 0 aromatic heterocycles. The molecular formula is C10H11N2Y-. The van der Waals surface area contributed by atoms with E-state index in [2.05, 4.69) is 29.9 Å². The molecular weight excluding hydrogens is 237 g/mol. The van der Waals surface area contributed by atoms with Gasteiger partial charge in [0, 0.05) is 32.7 Å². The van der Waals surface area contributed by atoms with Crippen LogP contribution in [-0.2, 0) is 32.7 Å². The van der Waals surface area contributed by atoms with Crippen molar-refractivity contribution >= 4 is 0 Å². The minimum Gasteiger partial charge on any atom is -0.325 e. The number of benzene rings is 1. The molecule has 2 nitrogen and oxygen atoms in total. The van der Waals surface area contributed by atoms with E-state index in [-0.39, 0.29) is 32.7 Å². The van der Waals surface area contributed by atoms with Crippen molar-refractivity contribution in [3.05, 3.63) is 33.5 Å². The third-order valence-electron chi connectivity index (χ3n) is 2.33. The van der Waals surface area contributed by atoms with Gasteiger partial charge in [0.1, 0.15) is 6.67 Å². The SMILES string of the molecule is Cc1[c-]c(C)c2c(c1C)=NCN=2.[Y]. The fourth-order valence-electron chi connectivity index (χ4n) is 1.53. The summed E-state index contributed by atoms with van der Waals surface area (Å²) >= 11 is 0. The summed E-state index contributed by atoms with van der Waals surface area (Å²) in [6, 6.07) is 3.29. The third kappa shape index (κ3) is 1.75. The molecule has 0 spiro atoms. The van der Waals surface area contributed by atoms with E-state index in [1.807, 2.05) is 6.92 Å². The molecule has 1 aromatic rings. The number of aryl methyl sites for hydroxylation is 2. The molecule has 1 aromatic carbocycles. The maximum absolute atomic E-state index is 4.33. The number of rotatable bonds is 0. The number of nitrogens with zero attached hydrogens (tertiary/aromatic N) is 2. The molecule has 0 N–H and O–H groups in total. The summed E-state index contributed by atoms with van der Waals surface area (Å²) in [6.07, 6.45) is 0. The van der Waals surface area contributed by atoms with E-state index in [0.29, 0.717) is 6.67 Å². The number of hydrogen-bond acceptors (Lipinski definition) is 2. The van der Waals surface area contributed by atoms with Gasteiger partial charge in [-0.05, 0) is 10.7 Å². The first-order chi connectivity index (χ1) is 5.70. The van der Waals surface area contributed by atoms with E-state index in [0.717, 1.165) is 16.3 Å². The van der Waals surface area contributed by atoms with Gasteiger partial charge in [-0.1, -0.05) is 20.8 Å². The molecule has 2 rings (SSSR count). The van der Waals surface area contributed by atoms with Crippen LogP contribution < -0.4 is 10.7 Å². The van der Waals surface area contributed by atoms with Crippen LogP contribution in [0.2, 0.25) is 0 Å². The molecule has 13 heavy (non-hydrogen) atoms. The van der Waals surface area contributed by atoms with Crippen molar-refractivity contribution in [2.45, 2.75) is 20.8 Å². The van der Waals surface area contributed by atoms with Crippen LogP contribution in [0.3, 0.4) is 0 Å². The van der Waals surface area contributed by atoms with Crippen molar-refractivity contribution in [1.82, 2.24) is 0 Å². The summed E-state index contributed by atoms with van der Waals surface area (Å²) in [5.74, 6) is 0. The Kier molecular flexibility index (Phi) is 3.36. The second-order valence-electron chi connectivity index (χ2n) is 3.15. The van der Waals surface area contributed by atoms with Gasteiger partial charge in [-0.15, -0.1) is 11.1 Å². The van der Waals surface area contributed by atoms with Crippen LogP contribution in [0.25, 0.3) is 0 Å². The third-order valence-corrected chi connectivity index (χ3v) is 2.33. The minimum atomic E-state index is 0. The fourth-order valence-corrected chi connectivity index (χ4v) is 1.53. The molecule has 65 valence electrons. The van der Waals surface area contributed by atoms with Gasteiger partial charge < -0.3 is 4.99 Å². The van der Waals surface area contributed by atoms with Crippen molar-refractivity contribution in [3.8, 4) is 0 Å². The maximum Gasteiger partial charge on any atom is 0.115 e. The summed E-state index contributed by atoms with van der Waals surface area (Å²) in [5.41, 5.74) is 3.53. The van der Waals surface area contributed by atoms with Crippen molar-refractivity contribution < 1.29 is 32.7 Å². The first-order valence-corrected chi connectivity index (χ1v) is 4.08. The Morgan fingerprint density at radius 2 is 1.62 bits per heavy atom. The molecule has 0 aliphatic carbocycles. The Morgan fingerprint density at radius 3 is 2.31 bits per heavy atom. The van der Waals surface area contributed by atoms with Crippen LogP contribution in [0.4, 0.5) is 0 Å². The Morgan fingerprint density at radius 1 is 1.00 bits per heavy atom. The second kappa shape index (κ2) is 3.97. The monoisotopic (exact) mass is 248 g/mol. The van der Waals surface area contributed by atoms with Crippen LogP contribution in [0.5, 0.6) is 0 Å². The molecule has 0 unspecified atom stereocenters. The average Bonchev–Trinajstić information content (AvgIpc) is 2.48. The molecule has 1 heterocycles. The van der Waals surface area contributed by atoms with E-state index in [4.69, 9.17) is 0 Å². The summed E-state index contributed by atoms with van der Waals surface area (Å²) in [5, 5.41) is 2.11. The molecule has 0 saturated heterocycles. The van der Waals surface area contributed by atoms with Crippen LogP contribution >= 0.6 is 0 Å². The Bertz CT molecular complexity index is 449. The van der Waals surface area contributed by atoms with Crippen molar-refractivity contribution in [2.75, 3.05) is 6.67 Å². The average molecular weight is 248 g/mol. The largest absolute Gasteiger partial charge is 0.325 e. The summed E-state index contributed by atoms with van der Waals surface area (Å²) < 4.78 is 0. The molecule has 0 fully saturated rings. The molecule has 0 amide bonds. The zero-order chi connectivity index (χ0) is 8.72. The predicted octanol–water partition coefficient (Wildman–Crippen LogP) is 0.620. The summed E-state index contributed by atoms with van der Waals surface area (Å²) in [6.45, 7) is 6.77. The molecule has 1 aliphatic rings. The number of fused-ring (bicyclic) bond motifs is 1. The Labute approximate surface area is 103 Å². The quantitative estimate of drug-likeness (QED) is 0.601. The molecule has 1 aliphatic heterocycles. The van der Waals surface area contributed by atoms with Gasteiger partial charge in [-0.25, -0.2) is 0 Å². The van der Waals surface area contributed by atoms with Crippen molar-refractivity contribution in [1.29, 1.82) is 0 Å². The van der Waals surface area contributed by atoms with Gasteiger partial charge >= 0.3 is 0 Å². The minimum absolute atomic E-state index is 0. The summed E-state index contributed by atoms with van der Waals surface area (Å²) in [4.78, 5) is 8.64. The first-order valence-electron chi connectivity index (χ1n) is 4.08. The molecule has 3 heteroatoms. The van der Waals surface area contributed by atoms with Gasteiger partial charge in [0.15, 0.2) is 0 Å². The molecule has 0 saturated carbocycles. The smallest absolute Gasteiger partial charge is 0.115 e. The van der Waals surface area contributed by atoms with Gasteiger partial charge in [0.25, 0.3) is 0 Å². The van der Waals surface area contributed by atoms with Gasteiger partial charge in [0.2, 0.25) is 0 Å². The van der Waals surface area contributed by atoms with Crippen LogP contribution in [-0.4, -0.2) is 6.67 Å². The summed E-state index contributed by atoms with van der Waals surface area (Å²) in [7, 11) is 0. The van der Waals surface area contributed by atoms with Gasteiger partial charge in [-0.2, -0.15) is 11.6 Å².